The van der Waals surface area contributed by atoms with Crippen LogP contribution in [0.1, 0.15) is 0 Å². The second kappa shape index (κ2) is 5.14. The van der Waals surface area contributed by atoms with Crippen molar-refractivity contribution >= 4 is 11.8 Å². The summed E-state index contributed by atoms with van der Waals surface area (Å²) in [5, 5.41) is 0. The van der Waals surface area contributed by atoms with Crippen molar-refractivity contribution in [3.63, 3.8) is 0 Å². The molecule has 1 N–H and O–H groups in total. The summed E-state index contributed by atoms with van der Waals surface area (Å²) in [6, 6.07) is 9.51. The molecule has 1 aromatic carbocycles. The smallest absolute Gasteiger partial charge is 0.288 e. The van der Waals surface area contributed by atoms with Crippen LogP contribution < -0.4 is 5.43 Å². The first-order valence-corrected chi connectivity index (χ1v) is 5.77. The maximum Gasteiger partial charge on any atom is 0.288 e. The number of halogens is 2. The van der Waals surface area contributed by atoms with Crippen LogP contribution in [-0.2, 0) is 0 Å². The van der Waals surface area contributed by atoms with Crippen molar-refractivity contribution in [2.75, 3.05) is 0 Å². The molecule has 2 aromatic rings. The van der Waals surface area contributed by atoms with Crippen LogP contribution in [0.5, 0.6) is 0 Å². The quantitative estimate of drug-likeness (QED) is 0.851. The molecule has 0 bridgehead atoms. The first kappa shape index (κ1) is 11.9. The Kier molecular flexibility index (Phi) is 3.58. The predicted molar refractivity (Wildman–Crippen MR) is 64.4 cm³/mol. The van der Waals surface area contributed by atoms with Gasteiger partial charge in [0.25, 0.3) is 5.76 Å². The summed E-state index contributed by atoms with van der Waals surface area (Å²) in [7, 11) is 0. The molecule has 0 atom stereocenters. The molecule has 2 nitrogen and oxygen atoms in total. The van der Waals surface area contributed by atoms with Crippen LogP contribution in [0.15, 0.2) is 52.3 Å². The molecule has 0 aliphatic heterocycles. The monoisotopic (exact) mass is 253 g/mol. The highest BCUT2D eigenvalue weighted by Gasteiger charge is 2.05. The minimum Gasteiger partial charge on any atom is -0.361 e. The van der Waals surface area contributed by atoms with Crippen LogP contribution in [0.4, 0.5) is 8.78 Å². The van der Waals surface area contributed by atoms with Gasteiger partial charge in [0.1, 0.15) is 0 Å². The van der Waals surface area contributed by atoms with Crippen molar-refractivity contribution in [3.05, 3.63) is 52.8 Å². The van der Waals surface area contributed by atoms with Crippen molar-refractivity contribution in [2.24, 2.45) is 0 Å². The van der Waals surface area contributed by atoms with Crippen LogP contribution in [0.2, 0.25) is 0 Å². The molecule has 17 heavy (non-hydrogen) atoms. The van der Waals surface area contributed by atoms with Crippen molar-refractivity contribution in [1.82, 2.24) is 4.98 Å². The Balaban J connectivity index is 2.26. The minimum atomic E-state index is -2.42. The van der Waals surface area contributed by atoms with Gasteiger partial charge in [-0.1, -0.05) is 23.9 Å². The summed E-state index contributed by atoms with van der Waals surface area (Å²) in [6.07, 6.45) is 1.56. The Morgan fingerprint density at radius 3 is 2.41 bits per heavy atom. The SMILES string of the molecule is O=c1cc[nH]c(-c2ccc(SC(F)F)cc2)c1. The number of H-pyrrole nitrogens is 1. The van der Waals surface area contributed by atoms with Gasteiger partial charge in [0.05, 0.1) is 0 Å². The van der Waals surface area contributed by atoms with Crippen molar-refractivity contribution in [3.8, 4) is 11.3 Å². The van der Waals surface area contributed by atoms with E-state index in [0.29, 0.717) is 22.4 Å². The van der Waals surface area contributed by atoms with Gasteiger partial charge in [0, 0.05) is 28.9 Å². The number of benzene rings is 1. The molecule has 0 fully saturated rings. The Morgan fingerprint density at radius 1 is 1.12 bits per heavy atom. The molecule has 1 aromatic heterocycles. The summed E-state index contributed by atoms with van der Waals surface area (Å²) in [4.78, 5) is 14.6. The Hall–Kier alpha value is -1.62. The minimum absolute atomic E-state index is 0.0928. The molecule has 5 heteroatoms. The zero-order valence-electron chi connectivity index (χ0n) is 8.69. The van der Waals surface area contributed by atoms with Crippen LogP contribution >= 0.6 is 11.8 Å². The van der Waals surface area contributed by atoms with Crippen LogP contribution in [0, 0.1) is 0 Å². The lowest BCUT2D eigenvalue weighted by molar-refractivity contribution is 0.252. The van der Waals surface area contributed by atoms with Gasteiger partial charge >= 0.3 is 0 Å². The van der Waals surface area contributed by atoms with E-state index in [-0.39, 0.29) is 5.43 Å². The van der Waals surface area contributed by atoms with Gasteiger partial charge in [-0.05, 0) is 17.7 Å². The number of pyridine rings is 1. The summed E-state index contributed by atoms with van der Waals surface area (Å²) in [6.45, 7) is 0. The number of hydrogen-bond donors (Lipinski definition) is 1. The Labute approximate surface area is 101 Å². The molecule has 0 amide bonds. The van der Waals surface area contributed by atoms with E-state index in [4.69, 9.17) is 0 Å². The molecule has 0 aliphatic carbocycles. The predicted octanol–water partition coefficient (Wildman–Crippen LogP) is 3.36. The lowest BCUT2D eigenvalue weighted by atomic mass is 10.1. The van der Waals surface area contributed by atoms with E-state index in [9.17, 15) is 13.6 Å². The van der Waals surface area contributed by atoms with Gasteiger partial charge in [0.2, 0.25) is 0 Å². The average molecular weight is 253 g/mol. The second-order valence-corrected chi connectivity index (χ2v) is 4.40. The third-order valence-electron chi connectivity index (χ3n) is 2.16. The number of hydrogen-bond acceptors (Lipinski definition) is 2. The number of alkyl halides is 2. The Bertz CT molecular complexity index is 551. The molecule has 88 valence electrons. The van der Waals surface area contributed by atoms with Crippen LogP contribution in [0.3, 0.4) is 0 Å². The van der Waals surface area contributed by atoms with E-state index in [2.05, 4.69) is 4.98 Å². The average Bonchev–Trinajstić information content (AvgIpc) is 2.29. The van der Waals surface area contributed by atoms with Crippen LogP contribution in [0.25, 0.3) is 11.3 Å². The molecule has 0 aliphatic rings. The molecule has 0 saturated heterocycles. The highest BCUT2D eigenvalue weighted by Crippen LogP contribution is 2.26. The molecule has 2 rings (SSSR count). The van der Waals surface area contributed by atoms with Crippen molar-refractivity contribution < 1.29 is 8.78 Å². The van der Waals surface area contributed by atoms with E-state index in [1.54, 1.807) is 30.5 Å². The van der Waals surface area contributed by atoms with Gasteiger partial charge < -0.3 is 4.98 Å². The van der Waals surface area contributed by atoms with Gasteiger partial charge in [-0.15, -0.1) is 0 Å². The topological polar surface area (TPSA) is 32.9 Å². The van der Waals surface area contributed by atoms with E-state index in [1.165, 1.54) is 12.1 Å². The highest BCUT2D eigenvalue weighted by molar-refractivity contribution is 7.99. The lowest BCUT2D eigenvalue weighted by Crippen LogP contribution is -1.97. The lowest BCUT2D eigenvalue weighted by Gasteiger charge is -2.03. The summed E-state index contributed by atoms with van der Waals surface area (Å²) in [5.74, 6) is -2.42. The maximum atomic E-state index is 12.1. The first-order chi connectivity index (χ1) is 8.15. The number of rotatable bonds is 3. The molecule has 0 spiro atoms. The second-order valence-electron chi connectivity index (χ2n) is 3.34. The molecule has 1 heterocycles. The Morgan fingerprint density at radius 2 is 1.82 bits per heavy atom. The van der Waals surface area contributed by atoms with E-state index in [0.717, 1.165) is 5.56 Å². The maximum absolute atomic E-state index is 12.1. The summed E-state index contributed by atoms with van der Waals surface area (Å²) in [5.41, 5.74) is 1.37. The third-order valence-corrected chi connectivity index (χ3v) is 2.89. The summed E-state index contributed by atoms with van der Waals surface area (Å²) >= 11 is 0.500. The van der Waals surface area contributed by atoms with Gasteiger partial charge in [-0.2, -0.15) is 8.78 Å². The zero-order valence-corrected chi connectivity index (χ0v) is 9.51. The highest BCUT2D eigenvalue weighted by atomic mass is 32.2. The molecular formula is C12H9F2NOS. The number of aromatic nitrogens is 1. The van der Waals surface area contributed by atoms with E-state index >= 15 is 0 Å². The third kappa shape index (κ3) is 3.17. The van der Waals surface area contributed by atoms with E-state index < -0.39 is 5.76 Å². The van der Waals surface area contributed by atoms with Crippen LogP contribution in [-0.4, -0.2) is 10.7 Å². The number of nitrogens with one attached hydrogen (secondary N) is 1. The van der Waals surface area contributed by atoms with Gasteiger partial charge in [-0.25, -0.2) is 0 Å². The molecular weight excluding hydrogens is 244 g/mol. The zero-order chi connectivity index (χ0) is 12.3. The fourth-order valence-electron chi connectivity index (χ4n) is 1.43. The van der Waals surface area contributed by atoms with Crippen molar-refractivity contribution in [2.45, 2.75) is 10.7 Å². The fourth-order valence-corrected chi connectivity index (χ4v) is 1.93. The van der Waals surface area contributed by atoms with Crippen molar-refractivity contribution in [1.29, 1.82) is 0 Å². The first-order valence-electron chi connectivity index (χ1n) is 4.89. The number of aromatic amines is 1. The van der Waals surface area contributed by atoms with E-state index in [1.807, 2.05) is 0 Å². The normalized spacial score (nSPS) is 10.8. The fraction of sp³-hybridized carbons (Fsp3) is 0.0833. The largest absolute Gasteiger partial charge is 0.361 e. The summed E-state index contributed by atoms with van der Waals surface area (Å²) < 4.78 is 24.2. The van der Waals surface area contributed by atoms with Gasteiger partial charge in [-0.3, -0.25) is 4.79 Å². The van der Waals surface area contributed by atoms with Gasteiger partial charge in [0.15, 0.2) is 5.43 Å². The molecule has 0 radical (unpaired) electrons. The number of thioether (sulfide) groups is 1. The molecule has 0 unspecified atom stereocenters. The standard InChI is InChI=1S/C12H9F2NOS/c13-12(14)17-10-3-1-8(2-4-10)11-7-9(16)5-6-15-11/h1-7,12H,(H,15,16). The molecule has 0 saturated carbocycles.